The van der Waals surface area contributed by atoms with Crippen molar-refractivity contribution in [2.45, 2.75) is 31.7 Å². The Morgan fingerprint density at radius 3 is 2.79 bits per heavy atom. The second kappa shape index (κ2) is 4.95. The first-order valence-corrected chi connectivity index (χ1v) is 4.84. The van der Waals surface area contributed by atoms with Crippen molar-refractivity contribution in [3.05, 3.63) is 0 Å². The molecule has 1 saturated heterocycles. The van der Waals surface area contributed by atoms with Gasteiger partial charge in [0.25, 0.3) is 0 Å². The zero-order chi connectivity index (χ0) is 10.6. The maximum Gasteiger partial charge on any atom is 0.303 e. The van der Waals surface area contributed by atoms with Crippen LogP contribution in [0.1, 0.15) is 25.7 Å². The monoisotopic (exact) mass is 200 g/mol. The number of aliphatic carboxylic acids is 1. The molecule has 1 amide bonds. The minimum Gasteiger partial charge on any atom is -0.481 e. The molecule has 1 heterocycles. The third-order valence-electron chi connectivity index (χ3n) is 2.31. The van der Waals surface area contributed by atoms with Crippen molar-refractivity contribution in [2.24, 2.45) is 5.73 Å². The molecule has 3 N–H and O–H groups in total. The summed E-state index contributed by atoms with van der Waals surface area (Å²) in [5.74, 6) is -0.692. The third-order valence-corrected chi connectivity index (χ3v) is 2.31. The van der Waals surface area contributed by atoms with Gasteiger partial charge in [0.05, 0.1) is 0 Å². The van der Waals surface area contributed by atoms with E-state index in [0.29, 0.717) is 25.9 Å². The summed E-state index contributed by atoms with van der Waals surface area (Å²) < 4.78 is 0. The first-order valence-electron chi connectivity index (χ1n) is 4.84. The Morgan fingerprint density at radius 2 is 2.29 bits per heavy atom. The molecule has 0 spiro atoms. The van der Waals surface area contributed by atoms with Crippen LogP contribution < -0.4 is 5.73 Å². The zero-order valence-corrected chi connectivity index (χ0v) is 8.11. The van der Waals surface area contributed by atoms with Crippen LogP contribution in [-0.4, -0.2) is 41.0 Å². The van der Waals surface area contributed by atoms with E-state index in [2.05, 4.69) is 0 Å². The molecule has 0 radical (unpaired) electrons. The van der Waals surface area contributed by atoms with Gasteiger partial charge in [0.2, 0.25) is 5.91 Å². The molecule has 1 unspecified atom stereocenters. The molecule has 1 aliphatic rings. The van der Waals surface area contributed by atoms with Crippen molar-refractivity contribution in [3.63, 3.8) is 0 Å². The normalized spacial score (nSPS) is 21.6. The highest BCUT2D eigenvalue weighted by atomic mass is 16.4. The lowest BCUT2D eigenvalue weighted by Crippen LogP contribution is -2.29. The molecule has 1 aliphatic heterocycles. The fourth-order valence-corrected chi connectivity index (χ4v) is 1.60. The van der Waals surface area contributed by atoms with Crippen LogP contribution in [0.3, 0.4) is 0 Å². The lowest BCUT2D eigenvalue weighted by Gasteiger charge is -2.14. The molecular formula is C9H16N2O3. The Bertz CT molecular complexity index is 230. The predicted molar refractivity (Wildman–Crippen MR) is 50.7 cm³/mol. The average Bonchev–Trinajstić information content (AvgIpc) is 2.39. The van der Waals surface area contributed by atoms with Crippen molar-refractivity contribution in [1.82, 2.24) is 4.90 Å². The Morgan fingerprint density at radius 1 is 1.57 bits per heavy atom. The van der Waals surface area contributed by atoms with Crippen LogP contribution in [0, 0.1) is 0 Å². The fourth-order valence-electron chi connectivity index (χ4n) is 1.60. The van der Waals surface area contributed by atoms with Gasteiger partial charge in [-0.1, -0.05) is 0 Å². The van der Waals surface area contributed by atoms with Crippen LogP contribution >= 0.6 is 0 Å². The summed E-state index contributed by atoms with van der Waals surface area (Å²) in [6, 6.07) is -0.0398. The standard InChI is InChI=1S/C9H16N2O3/c10-7-5-8(12)11(6-7)4-2-1-3-9(13)14/h7H,1-6,10H2,(H,13,14). The van der Waals surface area contributed by atoms with E-state index in [-0.39, 0.29) is 18.4 Å². The van der Waals surface area contributed by atoms with E-state index in [1.54, 1.807) is 4.90 Å². The van der Waals surface area contributed by atoms with E-state index in [1.165, 1.54) is 0 Å². The van der Waals surface area contributed by atoms with E-state index >= 15 is 0 Å². The molecule has 80 valence electrons. The largest absolute Gasteiger partial charge is 0.481 e. The van der Waals surface area contributed by atoms with E-state index in [9.17, 15) is 9.59 Å². The van der Waals surface area contributed by atoms with Gasteiger partial charge in [0, 0.05) is 32.0 Å². The number of carbonyl (C=O) groups is 2. The Labute approximate surface area is 82.9 Å². The van der Waals surface area contributed by atoms with Crippen LogP contribution in [0.25, 0.3) is 0 Å². The van der Waals surface area contributed by atoms with E-state index in [0.717, 1.165) is 6.42 Å². The molecule has 0 saturated carbocycles. The lowest BCUT2D eigenvalue weighted by atomic mass is 10.2. The van der Waals surface area contributed by atoms with Gasteiger partial charge in [-0.25, -0.2) is 0 Å². The van der Waals surface area contributed by atoms with Gasteiger partial charge >= 0.3 is 5.97 Å². The summed E-state index contributed by atoms with van der Waals surface area (Å²) >= 11 is 0. The minimum atomic E-state index is -0.783. The first-order chi connectivity index (χ1) is 6.59. The minimum absolute atomic E-state index is 0.0398. The highest BCUT2D eigenvalue weighted by Gasteiger charge is 2.25. The number of hydrogen-bond acceptors (Lipinski definition) is 3. The van der Waals surface area contributed by atoms with E-state index in [1.807, 2.05) is 0 Å². The number of nitrogens with two attached hydrogens (primary N) is 1. The molecule has 0 bridgehead atoms. The van der Waals surface area contributed by atoms with Crippen LogP contribution in [0.5, 0.6) is 0 Å². The van der Waals surface area contributed by atoms with Gasteiger partial charge in [0.1, 0.15) is 0 Å². The average molecular weight is 200 g/mol. The van der Waals surface area contributed by atoms with Crippen LogP contribution in [0.15, 0.2) is 0 Å². The summed E-state index contributed by atoms with van der Waals surface area (Å²) in [5.41, 5.74) is 5.61. The van der Waals surface area contributed by atoms with Crippen molar-refractivity contribution < 1.29 is 14.7 Å². The maximum absolute atomic E-state index is 11.2. The first kappa shape index (κ1) is 11.0. The molecule has 0 aliphatic carbocycles. The van der Waals surface area contributed by atoms with Gasteiger partial charge in [0.15, 0.2) is 0 Å². The number of nitrogens with zero attached hydrogens (tertiary/aromatic N) is 1. The van der Waals surface area contributed by atoms with Gasteiger partial charge < -0.3 is 15.7 Å². The van der Waals surface area contributed by atoms with Gasteiger partial charge in [-0.05, 0) is 12.8 Å². The zero-order valence-electron chi connectivity index (χ0n) is 8.11. The molecule has 1 atom stereocenters. The Kier molecular flexibility index (Phi) is 3.88. The van der Waals surface area contributed by atoms with Crippen molar-refractivity contribution >= 4 is 11.9 Å². The topological polar surface area (TPSA) is 83.6 Å². The van der Waals surface area contributed by atoms with E-state index < -0.39 is 5.97 Å². The predicted octanol–water partition coefficient (Wildman–Crippen LogP) is -0.199. The number of rotatable bonds is 5. The summed E-state index contributed by atoms with van der Waals surface area (Å²) in [6.45, 7) is 1.26. The second-order valence-corrected chi connectivity index (χ2v) is 3.65. The van der Waals surface area contributed by atoms with E-state index in [4.69, 9.17) is 10.8 Å². The third kappa shape index (κ3) is 3.33. The molecule has 5 heteroatoms. The van der Waals surface area contributed by atoms with Gasteiger partial charge in [-0.3, -0.25) is 9.59 Å². The number of hydrogen-bond donors (Lipinski definition) is 2. The molecule has 0 aromatic rings. The quantitative estimate of drug-likeness (QED) is 0.602. The van der Waals surface area contributed by atoms with Gasteiger partial charge in [-0.2, -0.15) is 0 Å². The molecular weight excluding hydrogens is 184 g/mol. The molecule has 0 aromatic heterocycles. The smallest absolute Gasteiger partial charge is 0.303 e. The molecule has 1 rings (SSSR count). The number of likely N-dealkylation sites (tertiary alicyclic amines) is 1. The Balaban J connectivity index is 2.13. The second-order valence-electron chi connectivity index (χ2n) is 3.65. The highest BCUT2D eigenvalue weighted by Crippen LogP contribution is 2.10. The van der Waals surface area contributed by atoms with Crippen molar-refractivity contribution in [2.75, 3.05) is 13.1 Å². The molecule has 1 fully saturated rings. The van der Waals surface area contributed by atoms with Crippen molar-refractivity contribution in [1.29, 1.82) is 0 Å². The van der Waals surface area contributed by atoms with Crippen LogP contribution in [0.2, 0.25) is 0 Å². The highest BCUT2D eigenvalue weighted by molar-refractivity contribution is 5.79. The molecule has 0 aromatic carbocycles. The SMILES string of the molecule is NC1CC(=O)N(CCCCC(=O)O)C1. The van der Waals surface area contributed by atoms with Gasteiger partial charge in [-0.15, -0.1) is 0 Å². The summed E-state index contributed by atoms with van der Waals surface area (Å²) in [7, 11) is 0. The number of carboxylic acid groups (broad SMARTS) is 1. The lowest BCUT2D eigenvalue weighted by molar-refractivity contribution is -0.137. The summed E-state index contributed by atoms with van der Waals surface area (Å²) in [5, 5.41) is 8.40. The summed E-state index contributed by atoms with van der Waals surface area (Å²) in [6.07, 6.45) is 1.96. The number of amides is 1. The van der Waals surface area contributed by atoms with Crippen LogP contribution in [0.4, 0.5) is 0 Å². The molecule has 14 heavy (non-hydrogen) atoms. The molecule has 5 nitrogen and oxygen atoms in total. The fraction of sp³-hybridized carbons (Fsp3) is 0.778. The van der Waals surface area contributed by atoms with Crippen LogP contribution in [-0.2, 0) is 9.59 Å². The number of unbranched alkanes of at least 4 members (excludes halogenated alkanes) is 1. The number of carbonyl (C=O) groups excluding carboxylic acids is 1. The van der Waals surface area contributed by atoms with Crippen molar-refractivity contribution in [3.8, 4) is 0 Å². The summed E-state index contributed by atoms with van der Waals surface area (Å²) in [4.78, 5) is 23.2. The Hall–Kier alpha value is -1.10. The number of carboxylic acids is 1. The maximum atomic E-state index is 11.2.